The number of epoxide rings is 2. The van der Waals surface area contributed by atoms with Crippen molar-refractivity contribution in [3.63, 3.8) is 0 Å². The molecule has 0 amide bonds. The van der Waals surface area contributed by atoms with Gasteiger partial charge in [0, 0.05) is 39.6 Å². The molecule has 6 unspecified atom stereocenters. The van der Waals surface area contributed by atoms with Gasteiger partial charge in [-0.05, 0) is 35.0 Å². The summed E-state index contributed by atoms with van der Waals surface area (Å²) in [6.07, 6.45) is 1.17. The number of hydrogen-bond acceptors (Lipinski definition) is 6. The molecule has 0 spiro atoms. The van der Waals surface area contributed by atoms with E-state index >= 15 is 0 Å². The largest absolute Gasteiger partial charge is 0.373 e. The van der Waals surface area contributed by atoms with Crippen LogP contribution in [0.1, 0.15) is 24.5 Å². The van der Waals surface area contributed by atoms with Crippen molar-refractivity contribution < 1.29 is 26.3 Å². The van der Waals surface area contributed by atoms with Crippen molar-refractivity contribution in [2.45, 2.75) is 41.1 Å². The number of halogens is 2. The molecule has 1 aromatic carbocycles. The lowest BCUT2D eigenvalue weighted by molar-refractivity contribution is 0.274. The predicted molar refractivity (Wildman–Crippen MR) is 126 cm³/mol. The summed E-state index contributed by atoms with van der Waals surface area (Å²) in [5.74, 6) is 0.0803. The summed E-state index contributed by atoms with van der Waals surface area (Å²) in [4.78, 5) is 6.12. The standard InChI is InChI=1S/C8H11Cl2N3O3S.C8H8O.N6O2S/c9-5-2-8(17(14,15)13-12-11)6(10)1-4(5)7-3-16-7;1-2-4-7(5-3-1)8-6-9-8;1-3-5-9(7,8)6-4-2/h4-8H,1-3H2;1-5,8H,6H2;. The minimum absolute atomic E-state index is 0.0803. The highest BCUT2D eigenvalue weighted by Gasteiger charge is 2.47. The zero-order valence-electron chi connectivity index (χ0n) is 17.7. The van der Waals surface area contributed by atoms with Crippen molar-refractivity contribution in [2.75, 3.05) is 13.2 Å². The highest BCUT2D eigenvalue weighted by atomic mass is 35.5. The fourth-order valence-electron chi connectivity index (χ4n) is 3.23. The van der Waals surface area contributed by atoms with Crippen molar-refractivity contribution in [1.29, 1.82) is 0 Å². The Balaban J connectivity index is 0.000000203. The van der Waals surface area contributed by atoms with Gasteiger partial charge in [0.2, 0.25) is 10.0 Å². The van der Waals surface area contributed by atoms with Crippen LogP contribution in [0, 0.1) is 5.92 Å². The quantitative estimate of drug-likeness (QED) is 0.156. The maximum Gasteiger partial charge on any atom is 0.321 e. The molecule has 2 heterocycles. The van der Waals surface area contributed by atoms with Crippen molar-refractivity contribution in [1.82, 2.24) is 0 Å². The molecule has 4 rings (SSSR count). The first-order valence-electron chi connectivity index (χ1n) is 9.78. The number of azide groups is 2. The summed E-state index contributed by atoms with van der Waals surface area (Å²) in [5.41, 5.74) is 24.6. The van der Waals surface area contributed by atoms with E-state index in [0.717, 1.165) is 6.61 Å². The van der Waals surface area contributed by atoms with E-state index in [0.29, 0.717) is 19.1 Å². The van der Waals surface area contributed by atoms with Gasteiger partial charge in [0.1, 0.15) is 6.10 Å². The molecule has 3 aliphatic rings. The lowest BCUT2D eigenvalue weighted by Gasteiger charge is -2.34. The molecule has 19 heteroatoms. The summed E-state index contributed by atoms with van der Waals surface area (Å²) in [6, 6.07) is 10.3. The zero-order valence-corrected chi connectivity index (χ0v) is 20.9. The van der Waals surface area contributed by atoms with Gasteiger partial charge in [-0.1, -0.05) is 30.3 Å². The third-order valence-corrected chi connectivity index (χ3v) is 8.26. The van der Waals surface area contributed by atoms with E-state index in [9.17, 15) is 16.8 Å². The lowest BCUT2D eigenvalue weighted by atomic mass is 9.86. The van der Waals surface area contributed by atoms with E-state index in [1.165, 1.54) is 5.56 Å². The number of alkyl halides is 2. The molecule has 0 aromatic heterocycles. The Labute approximate surface area is 210 Å². The maximum atomic E-state index is 11.6. The predicted octanol–water partition coefficient (Wildman–Crippen LogP) is 4.63. The maximum absolute atomic E-state index is 11.6. The lowest BCUT2D eigenvalue weighted by Crippen LogP contribution is -2.42. The Kier molecular flexibility index (Phi) is 10.7. The Morgan fingerprint density at radius 2 is 1.37 bits per heavy atom. The second kappa shape index (κ2) is 13.0. The number of benzene rings is 1. The molecule has 1 saturated carbocycles. The van der Waals surface area contributed by atoms with Crippen LogP contribution >= 0.6 is 23.2 Å². The SMILES string of the molecule is [N-]=[N+]=NS(=O)(=O)C1CC(Cl)C(C2CO2)CC1Cl.[N-]=[N+]=NS(=O)(=O)N=[N+]=[N-].c1ccc(C2CO2)cc1. The number of nitrogens with zero attached hydrogens (tertiary/aromatic N) is 9. The van der Waals surface area contributed by atoms with Crippen LogP contribution in [0.4, 0.5) is 0 Å². The third kappa shape index (κ3) is 9.61. The van der Waals surface area contributed by atoms with Crippen LogP contribution in [0.3, 0.4) is 0 Å². The minimum atomic E-state index is -4.27. The highest BCUT2D eigenvalue weighted by molar-refractivity contribution is 7.90. The Hall–Kier alpha value is -2.45. The Morgan fingerprint density at radius 1 is 0.829 bits per heavy atom. The molecule has 0 bridgehead atoms. The molecule has 3 fully saturated rings. The average Bonchev–Trinajstić information content (AvgIpc) is 3.70. The molecule has 2 saturated heterocycles. The van der Waals surface area contributed by atoms with Gasteiger partial charge >= 0.3 is 10.2 Å². The number of sulfonamides is 1. The summed E-state index contributed by atoms with van der Waals surface area (Å²) in [6.45, 7) is 1.56. The van der Waals surface area contributed by atoms with Gasteiger partial charge in [-0.3, -0.25) is 0 Å². The molecule has 35 heavy (non-hydrogen) atoms. The van der Waals surface area contributed by atoms with Crippen molar-refractivity contribution in [3.05, 3.63) is 67.2 Å². The van der Waals surface area contributed by atoms with Gasteiger partial charge in [-0.25, -0.2) is 16.8 Å². The van der Waals surface area contributed by atoms with Gasteiger partial charge in [0.15, 0.2) is 0 Å². The molecule has 1 aromatic rings. The van der Waals surface area contributed by atoms with Crippen LogP contribution in [0.25, 0.3) is 31.3 Å². The summed E-state index contributed by atoms with van der Waals surface area (Å²) in [7, 11) is -8.16. The van der Waals surface area contributed by atoms with E-state index in [1.54, 1.807) is 0 Å². The molecule has 0 radical (unpaired) electrons. The van der Waals surface area contributed by atoms with Gasteiger partial charge < -0.3 is 9.47 Å². The van der Waals surface area contributed by atoms with Crippen LogP contribution in [-0.2, 0) is 29.7 Å². The van der Waals surface area contributed by atoms with Crippen LogP contribution in [0.2, 0.25) is 0 Å². The molecule has 6 atom stereocenters. The van der Waals surface area contributed by atoms with Gasteiger partial charge in [-0.2, -0.15) is 0 Å². The van der Waals surface area contributed by atoms with E-state index in [4.69, 9.17) is 49.3 Å². The number of rotatable bonds is 6. The first kappa shape index (κ1) is 28.8. The zero-order chi connectivity index (χ0) is 26.1. The molecule has 0 N–H and O–H groups in total. The summed E-state index contributed by atoms with van der Waals surface area (Å²) >= 11 is 12.2. The molecule has 190 valence electrons. The van der Waals surface area contributed by atoms with E-state index in [2.05, 4.69) is 30.6 Å². The highest BCUT2D eigenvalue weighted by Crippen LogP contribution is 2.41. The molecular formula is C16H19Cl2N9O6S2. The summed E-state index contributed by atoms with van der Waals surface area (Å²) < 4.78 is 60.7. The van der Waals surface area contributed by atoms with Crippen LogP contribution in [0.5, 0.6) is 0 Å². The fraction of sp³-hybridized carbons (Fsp3) is 0.625. The Bertz CT molecular complexity index is 1200. The molecular weight excluding hydrogens is 549 g/mol. The number of ether oxygens (including phenoxy) is 2. The van der Waals surface area contributed by atoms with Crippen LogP contribution in [0.15, 0.2) is 43.9 Å². The first-order chi connectivity index (χ1) is 16.5. The topological polar surface area (TPSA) is 240 Å². The molecule has 15 nitrogen and oxygen atoms in total. The van der Waals surface area contributed by atoms with E-state index in [1.807, 2.05) is 28.0 Å². The van der Waals surface area contributed by atoms with Crippen molar-refractivity contribution >= 4 is 43.4 Å². The average molecular weight is 568 g/mol. The minimum Gasteiger partial charge on any atom is -0.373 e. The normalized spacial score (nSPS) is 28.6. The van der Waals surface area contributed by atoms with Gasteiger partial charge in [-0.15, -0.1) is 23.2 Å². The third-order valence-electron chi connectivity index (χ3n) is 4.98. The van der Waals surface area contributed by atoms with Gasteiger partial charge in [0.25, 0.3) is 0 Å². The second-order valence-corrected chi connectivity index (χ2v) is 11.4. The van der Waals surface area contributed by atoms with E-state index in [-0.39, 0.29) is 23.8 Å². The summed E-state index contributed by atoms with van der Waals surface area (Å²) in [5, 5.41) is -1.81. The second-order valence-electron chi connectivity index (χ2n) is 7.29. The smallest absolute Gasteiger partial charge is 0.321 e. The Morgan fingerprint density at radius 3 is 1.83 bits per heavy atom. The van der Waals surface area contributed by atoms with Crippen molar-refractivity contribution in [2.24, 2.45) is 19.5 Å². The van der Waals surface area contributed by atoms with Crippen LogP contribution in [-0.4, -0.2) is 52.2 Å². The molecule has 2 aliphatic heterocycles. The first-order valence-corrected chi connectivity index (χ1v) is 13.6. The monoisotopic (exact) mass is 567 g/mol. The van der Waals surface area contributed by atoms with Crippen molar-refractivity contribution in [3.8, 4) is 0 Å². The fourth-order valence-corrected chi connectivity index (χ4v) is 5.86. The van der Waals surface area contributed by atoms with E-state index < -0.39 is 30.9 Å². The van der Waals surface area contributed by atoms with Gasteiger partial charge in [0.05, 0.1) is 29.9 Å². The number of hydrogen-bond donors (Lipinski definition) is 0. The van der Waals surface area contributed by atoms with Crippen LogP contribution < -0.4 is 0 Å². The molecule has 1 aliphatic carbocycles.